The topological polar surface area (TPSA) is 51.2 Å². The van der Waals surface area contributed by atoms with Crippen molar-refractivity contribution in [1.82, 2.24) is 10.3 Å². The van der Waals surface area contributed by atoms with Crippen molar-refractivity contribution in [3.05, 3.63) is 52.0 Å². The van der Waals surface area contributed by atoms with Crippen molar-refractivity contribution in [3.63, 3.8) is 0 Å². The second-order valence-electron chi connectivity index (χ2n) is 4.56. The van der Waals surface area contributed by atoms with Crippen molar-refractivity contribution in [1.29, 1.82) is 0 Å². The minimum absolute atomic E-state index is 0.0365. The van der Waals surface area contributed by atoms with Gasteiger partial charge in [-0.25, -0.2) is 0 Å². The summed E-state index contributed by atoms with van der Waals surface area (Å²) in [6, 6.07) is 7.99. The lowest BCUT2D eigenvalue weighted by molar-refractivity contribution is -0.141. The van der Waals surface area contributed by atoms with Gasteiger partial charge in [0.15, 0.2) is 0 Å². The van der Waals surface area contributed by atoms with Crippen LogP contribution in [0.2, 0.25) is 0 Å². The van der Waals surface area contributed by atoms with Crippen LogP contribution in [0.1, 0.15) is 28.6 Å². The summed E-state index contributed by atoms with van der Waals surface area (Å²) in [6.45, 7) is 2.63. The van der Waals surface area contributed by atoms with E-state index in [0.29, 0.717) is 13.0 Å². The average molecular weight is 290 g/mol. The molecule has 1 N–H and O–H groups in total. The Bertz CT molecular complexity index is 538. The summed E-state index contributed by atoms with van der Waals surface area (Å²) in [4.78, 5) is 17.0. The van der Waals surface area contributed by atoms with E-state index in [0.717, 1.165) is 16.1 Å². The van der Waals surface area contributed by atoms with E-state index >= 15 is 0 Å². The van der Waals surface area contributed by atoms with Gasteiger partial charge in [0, 0.05) is 17.6 Å². The standard InChI is InChI=1S/C15H18N2O2S/c1-11-5-6-12(16-9-11)10-17-13(8-15(18)19-2)14-4-3-7-20-14/h3-7,9,13,17H,8,10H2,1-2H3. The van der Waals surface area contributed by atoms with Crippen LogP contribution in [0, 0.1) is 6.92 Å². The van der Waals surface area contributed by atoms with Crippen LogP contribution >= 0.6 is 11.3 Å². The zero-order valence-electron chi connectivity index (χ0n) is 11.6. The van der Waals surface area contributed by atoms with Crippen LogP contribution in [0.3, 0.4) is 0 Å². The van der Waals surface area contributed by atoms with E-state index in [1.807, 2.05) is 42.8 Å². The Kier molecular flexibility index (Phi) is 5.26. The second-order valence-corrected chi connectivity index (χ2v) is 5.54. The van der Waals surface area contributed by atoms with Crippen LogP contribution in [-0.4, -0.2) is 18.1 Å². The number of aryl methyl sites for hydroxylation is 1. The van der Waals surface area contributed by atoms with Gasteiger partial charge < -0.3 is 10.1 Å². The monoisotopic (exact) mass is 290 g/mol. The smallest absolute Gasteiger partial charge is 0.307 e. The molecule has 0 aromatic carbocycles. The molecule has 4 nitrogen and oxygen atoms in total. The maximum atomic E-state index is 11.5. The van der Waals surface area contributed by atoms with Crippen LogP contribution in [0.25, 0.3) is 0 Å². The third-order valence-electron chi connectivity index (χ3n) is 2.99. The highest BCUT2D eigenvalue weighted by Crippen LogP contribution is 2.22. The largest absolute Gasteiger partial charge is 0.469 e. The molecule has 2 aromatic rings. The lowest BCUT2D eigenvalue weighted by Gasteiger charge is -2.16. The van der Waals surface area contributed by atoms with Gasteiger partial charge in [-0.15, -0.1) is 11.3 Å². The van der Waals surface area contributed by atoms with E-state index < -0.39 is 0 Å². The second kappa shape index (κ2) is 7.17. The molecule has 0 bridgehead atoms. The van der Waals surface area contributed by atoms with Crippen molar-refractivity contribution >= 4 is 17.3 Å². The highest BCUT2D eigenvalue weighted by molar-refractivity contribution is 7.10. The fourth-order valence-corrected chi connectivity index (χ4v) is 2.65. The number of methoxy groups -OCH3 is 1. The predicted octanol–water partition coefficient (Wildman–Crippen LogP) is 2.85. The number of hydrogen-bond donors (Lipinski definition) is 1. The fraction of sp³-hybridized carbons (Fsp3) is 0.333. The van der Waals surface area contributed by atoms with E-state index in [1.165, 1.54) is 7.11 Å². The van der Waals surface area contributed by atoms with Gasteiger partial charge in [0.25, 0.3) is 0 Å². The maximum absolute atomic E-state index is 11.5. The number of thiophene rings is 1. The van der Waals surface area contributed by atoms with Crippen LogP contribution < -0.4 is 5.32 Å². The minimum atomic E-state index is -0.215. The molecule has 1 unspecified atom stereocenters. The molecule has 0 radical (unpaired) electrons. The molecule has 0 aliphatic carbocycles. The molecule has 0 amide bonds. The van der Waals surface area contributed by atoms with Gasteiger partial charge in [-0.3, -0.25) is 9.78 Å². The lowest BCUT2D eigenvalue weighted by atomic mass is 10.1. The van der Waals surface area contributed by atoms with Crippen LogP contribution in [0.15, 0.2) is 35.8 Å². The number of esters is 1. The summed E-state index contributed by atoms with van der Waals surface area (Å²) in [6.07, 6.45) is 2.17. The number of nitrogens with one attached hydrogen (secondary N) is 1. The number of aromatic nitrogens is 1. The molecule has 0 fully saturated rings. The average Bonchev–Trinajstić information content (AvgIpc) is 2.99. The summed E-state index contributed by atoms with van der Waals surface area (Å²) >= 11 is 1.63. The Labute approximate surface area is 122 Å². The zero-order valence-corrected chi connectivity index (χ0v) is 12.4. The van der Waals surface area contributed by atoms with Crippen molar-refractivity contribution in [2.24, 2.45) is 0 Å². The van der Waals surface area contributed by atoms with Crippen LogP contribution in [0.4, 0.5) is 0 Å². The SMILES string of the molecule is COC(=O)CC(NCc1ccc(C)cn1)c1cccs1. The van der Waals surface area contributed by atoms with E-state index in [9.17, 15) is 4.79 Å². The summed E-state index contributed by atoms with van der Waals surface area (Å²) in [5.74, 6) is -0.215. The maximum Gasteiger partial charge on any atom is 0.307 e. The highest BCUT2D eigenvalue weighted by atomic mass is 32.1. The molecule has 0 aliphatic heterocycles. The van der Waals surface area contributed by atoms with Crippen molar-refractivity contribution in [3.8, 4) is 0 Å². The van der Waals surface area contributed by atoms with E-state index in [4.69, 9.17) is 4.74 Å². The molecule has 0 aliphatic rings. The molecule has 2 aromatic heterocycles. The summed E-state index contributed by atoms with van der Waals surface area (Å²) in [7, 11) is 1.41. The minimum Gasteiger partial charge on any atom is -0.469 e. The number of carbonyl (C=O) groups excluding carboxylic acids is 1. The Morgan fingerprint density at radius 1 is 1.45 bits per heavy atom. The van der Waals surface area contributed by atoms with Crippen molar-refractivity contribution in [2.75, 3.05) is 7.11 Å². The van der Waals surface area contributed by atoms with E-state index in [-0.39, 0.29) is 12.0 Å². The number of ether oxygens (including phenoxy) is 1. The molecule has 2 rings (SSSR count). The quantitative estimate of drug-likeness (QED) is 0.831. The highest BCUT2D eigenvalue weighted by Gasteiger charge is 2.17. The molecular weight excluding hydrogens is 272 g/mol. The van der Waals surface area contributed by atoms with Gasteiger partial charge in [-0.2, -0.15) is 0 Å². The number of nitrogens with zero attached hydrogens (tertiary/aromatic N) is 1. The number of carbonyl (C=O) groups is 1. The van der Waals surface area contributed by atoms with E-state index in [2.05, 4.69) is 10.3 Å². The molecule has 20 heavy (non-hydrogen) atoms. The first kappa shape index (κ1) is 14.7. The van der Waals surface area contributed by atoms with Gasteiger partial charge in [0.1, 0.15) is 0 Å². The molecule has 0 saturated carbocycles. The Hall–Kier alpha value is -1.72. The molecule has 1 atom stereocenters. The van der Waals surface area contributed by atoms with Gasteiger partial charge >= 0.3 is 5.97 Å². The summed E-state index contributed by atoms with van der Waals surface area (Å²) < 4.78 is 4.76. The van der Waals surface area contributed by atoms with Crippen molar-refractivity contribution < 1.29 is 9.53 Å². The van der Waals surface area contributed by atoms with Crippen LogP contribution in [0.5, 0.6) is 0 Å². The first-order chi connectivity index (χ1) is 9.69. The number of pyridine rings is 1. The summed E-state index contributed by atoms with van der Waals surface area (Å²) in [5, 5.41) is 5.38. The number of rotatable bonds is 6. The van der Waals surface area contributed by atoms with E-state index in [1.54, 1.807) is 11.3 Å². The first-order valence-electron chi connectivity index (χ1n) is 6.44. The van der Waals surface area contributed by atoms with Gasteiger partial charge in [0.2, 0.25) is 0 Å². The lowest BCUT2D eigenvalue weighted by Crippen LogP contribution is -2.23. The Balaban J connectivity index is 2.00. The molecule has 2 heterocycles. The Morgan fingerprint density at radius 3 is 2.90 bits per heavy atom. The van der Waals surface area contributed by atoms with Gasteiger partial charge in [-0.1, -0.05) is 12.1 Å². The van der Waals surface area contributed by atoms with Gasteiger partial charge in [-0.05, 0) is 30.0 Å². The first-order valence-corrected chi connectivity index (χ1v) is 7.32. The Morgan fingerprint density at radius 2 is 2.30 bits per heavy atom. The normalized spacial score (nSPS) is 12.1. The van der Waals surface area contributed by atoms with Crippen molar-refractivity contribution in [2.45, 2.75) is 25.9 Å². The zero-order chi connectivity index (χ0) is 14.4. The molecule has 5 heteroatoms. The third kappa shape index (κ3) is 4.15. The fourth-order valence-electron chi connectivity index (χ4n) is 1.84. The predicted molar refractivity (Wildman–Crippen MR) is 79.5 cm³/mol. The van der Waals surface area contributed by atoms with Gasteiger partial charge in [0.05, 0.1) is 25.3 Å². The third-order valence-corrected chi connectivity index (χ3v) is 3.97. The van der Waals surface area contributed by atoms with Crippen LogP contribution in [-0.2, 0) is 16.1 Å². The molecule has 106 valence electrons. The number of hydrogen-bond acceptors (Lipinski definition) is 5. The summed E-state index contributed by atoms with van der Waals surface area (Å²) in [5.41, 5.74) is 2.10. The molecule has 0 saturated heterocycles. The molecule has 0 spiro atoms. The molecular formula is C15H18N2O2S.